The van der Waals surface area contributed by atoms with Gasteiger partial charge in [0, 0.05) is 13.1 Å². The molecule has 1 unspecified atom stereocenters. The van der Waals surface area contributed by atoms with E-state index in [1.165, 1.54) is 17.7 Å². The predicted octanol–water partition coefficient (Wildman–Crippen LogP) is 3.45. The first kappa shape index (κ1) is 23.5. The summed E-state index contributed by atoms with van der Waals surface area (Å²) in [7, 11) is 1.63. The van der Waals surface area contributed by atoms with Gasteiger partial charge in [0.25, 0.3) is 0 Å². The molecule has 7 heteroatoms. The number of methoxy groups -OCH3 is 1. The highest BCUT2D eigenvalue weighted by atomic mass is 19.1. The van der Waals surface area contributed by atoms with Gasteiger partial charge in [0.15, 0.2) is 17.5 Å². The number of hydrogen-bond acceptors (Lipinski definition) is 4. The van der Waals surface area contributed by atoms with Crippen molar-refractivity contribution in [2.45, 2.75) is 32.8 Å². The molecular formula is C23H32FN3O3. The van der Waals surface area contributed by atoms with Crippen molar-refractivity contribution in [3.8, 4) is 11.5 Å². The Balaban J connectivity index is 1.85. The third-order valence-electron chi connectivity index (χ3n) is 4.48. The van der Waals surface area contributed by atoms with Gasteiger partial charge in [-0.1, -0.05) is 18.2 Å². The number of nitrogens with zero attached hydrogens (tertiary/aromatic N) is 1. The zero-order chi connectivity index (χ0) is 21.8. The Morgan fingerprint density at radius 1 is 1.10 bits per heavy atom. The van der Waals surface area contributed by atoms with E-state index in [0.29, 0.717) is 24.7 Å². The van der Waals surface area contributed by atoms with E-state index < -0.39 is 6.10 Å². The van der Waals surface area contributed by atoms with Gasteiger partial charge >= 0.3 is 0 Å². The molecule has 0 fully saturated rings. The lowest BCUT2D eigenvalue weighted by Crippen LogP contribution is -2.38. The molecule has 0 saturated carbocycles. The van der Waals surface area contributed by atoms with Crippen molar-refractivity contribution in [2.75, 3.05) is 33.4 Å². The molecule has 0 saturated heterocycles. The lowest BCUT2D eigenvalue weighted by atomic mass is 10.1. The second-order valence-electron chi connectivity index (χ2n) is 6.74. The number of guanidine groups is 1. The van der Waals surface area contributed by atoms with E-state index in [-0.39, 0.29) is 12.4 Å². The van der Waals surface area contributed by atoms with Gasteiger partial charge in [-0.05, 0) is 62.1 Å². The van der Waals surface area contributed by atoms with Crippen molar-refractivity contribution in [2.24, 2.45) is 4.99 Å². The van der Waals surface area contributed by atoms with Gasteiger partial charge in [-0.15, -0.1) is 0 Å². The van der Waals surface area contributed by atoms with Crippen molar-refractivity contribution >= 4 is 5.96 Å². The number of aryl methyl sites for hydroxylation is 1. The quantitative estimate of drug-likeness (QED) is 0.297. The fraction of sp³-hybridized carbons (Fsp3) is 0.435. The largest absolute Gasteiger partial charge is 0.493 e. The van der Waals surface area contributed by atoms with Gasteiger partial charge < -0.3 is 25.2 Å². The second-order valence-corrected chi connectivity index (χ2v) is 6.74. The smallest absolute Gasteiger partial charge is 0.191 e. The number of nitrogens with one attached hydrogen (secondary N) is 2. The summed E-state index contributed by atoms with van der Waals surface area (Å²) in [6, 6.07) is 11.8. The van der Waals surface area contributed by atoms with Crippen LogP contribution in [-0.4, -0.2) is 44.4 Å². The first-order valence-electron chi connectivity index (χ1n) is 10.3. The Morgan fingerprint density at radius 3 is 2.53 bits per heavy atom. The molecule has 0 bridgehead atoms. The van der Waals surface area contributed by atoms with Crippen LogP contribution in [0.2, 0.25) is 0 Å². The number of aliphatic hydroxyl groups excluding tert-OH is 1. The van der Waals surface area contributed by atoms with Gasteiger partial charge in [-0.2, -0.15) is 0 Å². The van der Waals surface area contributed by atoms with Crippen LogP contribution in [0.3, 0.4) is 0 Å². The van der Waals surface area contributed by atoms with Crippen molar-refractivity contribution in [1.29, 1.82) is 0 Å². The molecule has 0 spiro atoms. The van der Waals surface area contributed by atoms with E-state index >= 15 is 0 Å². The van der Waals surface area contributed by atoms with E-state index in [2.05, 4.69) is 15.6 Å². The van der Waals surface area contributed by atoms with Crippen LogP contribution in [0.1, 0.15) is 37.5 Å². The highest BCUT2D eigenvalue weighted by Crippen LogP contribution is 2.28. The van der Waals surface area contributed by atoms with Gasteiger partial charge in [-0.25, -0.2) is 4.39 Å². The summed E-state index contributed by atoms with van der Waals surface area (Å²) in [6.07, 6.45) is 1.01. The summed E-state index contributed by atoms with van der Waals surface area (Å²) in [5.74, 6) is 1.81. The summed E-state index contributed by atoms with van der Waals surface area (Å²) >= 11 is 0. The number of ether oxygens (including phenoxy) is 2. The van der Waals surface area contributed by atoms with Crippen molar-refractivity contribution in [1.82, 2.24) is 10.6 Å². The first-order chi connectivity index (χ1) is 14.6. The average molecular weight is 418 g/mol. The van der Waals surface area contributed by atoms with E-state index in [1.54, 1.807) is 19.2 Å². The molecule has 6 nitrogen and oxygen atoms in total. The number of aliphatic hydroxyl groups is 1. The Morgan fingerprint density at radius 2 is 1.87 bits per heavy atom. The Bertz CT molecular complexity index is 797. The zero-order valence-corrected chi connectivity index (χ0v) is 18.0. The maximum atomic E-state index is 13.0. The normalized spacial score (nSPS) is 12.4. The van der Waals surface area contributed by atoms with Crippen LogP contribution in [0.5, 0.6) is 11.5 Å². The monoisotopic (exact) mass is 417 g/mol. The molecule has 0 aliphatic rings. The molecular weight excluding hydrogens is 385 g/mol. The lowest BCUT2D eigenvalue weighted by molar-refractivity contribution is 0.187. The maximum absolute atomic E-state index is 13.0. The maximum Gasteiger partial charge on any atom is 0.191 e. The number of rotatable bonds is 11. The van der Waals surface area contributed by atoms with Gasteiger partial charge in [-0.3, -0.25) is 4.99 Å². The van der Waals surface area contributed by atoms with E-state index in [1.807, 2.05) is 32.0 Å². The molecule has 0 radical (unpaired) electrons. The molecule has 30 heavy (non-hydrogen) atoms. The molecule has 2 rings (SSSR count). The zero-order valence-electron chi connectivity index (χ0n) is 18.0. The van der Waals surface area contributed by atoms with E-state index in [9.17, 15) is 9.50 Å². The minimum absolute atomic E-state index is 0.192. The van der Waals surface area contributed by atoms with Gasteiger partial charge in [0.1, 0.15) is 5.82 Å². The number of aliphatic imine (C=N–C) groups is 1. The lowest BCUT2D eigenvalue weighted by Gasteiger charge is -2.14. The van der Waals surface area contributed by atoms with Crippen molar-refractivity contribution in [3.63, 3.8) is 0 Å². The summed E-state index contributed by atoms with van der Waals surface area (Å²) in [5.41, 5.74) is 1.82. The Labute approximate surface area is 178 Å². The van der Waals surface area contributed by atoms with Crippen LogP contribution in [0, 0.1) is 5.82 Å². The van der Waals surface area contributed by atoms with Crippen molar-refractivity contribution in [3.05, 3.63) is 59.4 Å². The molecule has 0 amide bonds. The molecule has 1 atom stereocenters. The minimum Gasteiger partial charge on any atom is -0.493 e. The van der Waals surface area contributed by atoms with Crippen molar-refractivity contribution < 1.29 is 19.0 Å². The standard InChI is InChI=1S/C23H32FN3O3/c1-4-25-23(27-16-20(28)18-9-11-19(24)12-10-18)26-14-6-7-17-8-13-21(29-3)22(15-17)30-5-2/h8-13,15,20,28H,4-7,14,16H2,1-3H3,(H2,25,26,27). The number of hydrogen-bond donors (Lipinski definition) is 3. The Hall–Kier alpha value is -2.80. The fourth-order valence-corrected chi connectivity index (χ4v) is 2.95. The minimum atomic E-state index is -0.780. The van der Waals surface area contributed by atoms with Gasteiger partial charge in [0.05, 0.1) is 26.4 Å². The summed E-state index contributed by atoms with van der Waals surface area (Å²) in [6.45, 7) is 6.17. The third kappa shape index (κ3) is 7.55. The highest BCUT2D eigenvalue weighted by Gasteiger charge is 2.08. The third-order valence-corrected chi connectivity index (χ3v) is 4.48. The van der Waals surface area contributed by atoms with Crippen LogP contribution < -0.4 is 20.1 Å². The average Bonchev–Trinajstić information content (AvgIpc) is 2.75. The van der Waals surface area contributed by atoms with Crippen LogP contribution in [-0.2, 0) is 6.42 Å². The van der Waals surface area contributed by atoms with E-state index in [0.717, 1.165) is 30.9 Å². The number of benzene rings is 2. The van der Waals surface area contributed by atoms with Crippen LogP contribution in [0.4, 0.5) is 4.39 Å². The molecule has 3 N–H and O–H groups in total. The number of halogens is 1. The summed E-state index contributed by atoms with van der Waals surface area (Å²) in [5, 5.41) is 16.7. The molecule has 2 aromatic rings. The topological polar surface area (TPSA) is 75.1 Å². The molecule has 2 aromatic carbocycles. The Kier molecular flexibility index (Phi) is 9.94. The van der Waals surface area contributed by atoms with Crippen LogP contribution in [0.25, 0.3) is 0 Å². The van der Waals surface area contributed by atoms with Crippen LogP contribution in [0.15, 0.2) is 47.5 Å². The molecule has 0 aliphatic carbocycles. The van der Waals surface area contributed by atoms with E-state index in [4.69, 9.17) is 9.47 Å². The summed E-state index contributed by atoms with van der Waals surface area (Å²) < 4.78 is 24.0. The predicted molar refractivity (Wildman–Crippen MR) is 118 cm³/mol. The van der Waals surface area contributed by atoms with Gasteiger partial charge in [0.2, 0.25) is 0 Å². The highest BCUT2D eigenvalue weighted by molar-refractivity contribution is 5.79. The molecule has 164 valence electrons. The fourth-order valence-electron chi connectivity index (χ4n) is 2.95. The SMILES string of the molecule is CCNC(=NCC(O)c1ccc(F)cc1)NCCCc1ccc(OC)c(OCC)c1. The second kappa shape index (κ2) is 12.7. The first-order valence-corrected chi connectivity index (χ1v) is 10.3. The molecule has 0 heterocycles. The summed E-state index contributed by atoms with van der Waals surface area (Å²) in [4.78, 5) is 4.43. The molecule has 0 aliphatic heterocycles. The van der Waals surface area contributed by atoms with Crippen LogP contribution >= 0.6 is 0 Å². The molecule has 0 aromatic heterocycles.